The average Bonchev–Trinajstić information content (AvgIpc) is 2.35. The number of hydrogen-bond donors (Lipinski definition) is 1. The number of carbonyl (C=O) groups is 1. The molecule has 0 aromatic carbocycles. The lowest BCUT2D eigenvalue weighted by Gasteiger charge is -2.07. The van der Waals surface area contributed by atoms with E-state index in [1.54, 1.807) is 7.11 Å². The van der Waals surface area contributed by atoms with Crippen LogP contribution in [0.4, 0.5) is 0 Å². The van der Waals surface area contributed by atoms with Gasteiger partial charge in [-0.3, -0.25) is 4.79 Å². The van der Waals surface area contributed by atoms with Gasteiger partial charge in [0.1, 0.15) is 0 Å². The molecule has 6 nitrogen and oxygen atoms in total. The summed E-state index contributed by atoms with van der Waals surface area (Å²) in [6, 6.07) is 2.56. The van der Waals surface area contributed by atoms with E-state index in [-0.39, 0.29) is 11.1 Å². The summed E-state index contributed by atoms with van der Waals surface area (Å²) in [7, 11) is 1.60. The van der Waals surface area contributed by atoms with Gasteiger partial charge >= 0.3 is 5.97 Å². The van der Waals surface area contributed by atoms with Crippen molar-refractivity contribution in [1.82, 2.24) is 4.57 Å². The second-order valence-corrected chi connectivity index (χ2v) is 3.71. The van der Waals surface area contributed by atoms with Crippen LogP contribution >= 0.6 is 0 Å². The molecular weight excluding hydrogens is 238 g/mol. The Balaban J connectivity index is 2.44. The Hall–Kier alpha value is -1.66. The highest BCUT2D eigenvalue weighted by molar-refractivity contribution is 5.87. The van der Waals surface area contributed by atoms with Crippen LogP contribution in [-0.2, 0) is 16.0 Å². The molecule has 1 N–H and O–H groups in total. The highest BCUT2D eigenvalue weighted by atomic mass is 16.5. The van der Waals surface area contributed by atoms with Crippen LogP contribution in [0.2, 0.25) is 0 Å². The number of pyridine rings is 1. The third-order valence-electron chi connectivity index (χ3n) is 2.35. The molecule has 0 atom stereocenters. The van der Waals surface area contributed by atoms with E-state index in [4.69, 9.17) is 14.6 Å². The minimum absolute atomic E-state index is 0.106. The van der Waals surface area contributed by atoms with Gasteiger partial charge in [0.05, 0.1) is 18.8 Å². The van der Waals surface area contributed by atoms with Gasteiger partial charge in [-0.1, -0.05) is 0 Å². The Bertz CT molecular complexity index is 440. The molecule has 0 bridgehead atoms. The van der Waals surface area contributed by atoms with Gasteiger partial charge in [0, 0.05) is 32.5 Å². The minimum atomic E-state index is -1.04. The van der Waals surface area contributed by atoms with Gasteiger partial charge in [0.25, 0.3) is 5.56 Å². The van der Waals surface area contributed by atoms with Crippen molar-refractivity contribution in [2.24, 2.45) is 0 Å². The van der Waals surface area contributed by atoms with Gasteiger partial charge in [-0.15, -0.1) is 0 Å². The van der Waals surface area contributed by atoms with Crippen molar-refractivity contribution < 1.29 is 19.4 Å². The molecule has 1 heterocycles. The SMILES string of the molecule is COCCOCCCn1cc(C(=O)O)ccc1=O. The summed E-state index contributed by atoms with van der Waals surface area (Å²) in [6.07, 6.45) is 1.99. The number of rotatable bonds is 8. The zero-order chi connectivity index (χ0) is 13.4. The summed E-state index contributed by atoms with van der Waals surface area (Å²) in [5, 5.41) is 8.81. The molecule has 0 aliphatic rings. The monoisotopic (exact) mass is 255 g/mol. The largest absolute Gasteiger partial charge is 0.478 e. The van der Waals surface area contributed by atoms with E-state index in [2.05, 4.69) is 0 Å². The molecule has 1 aromatic heterocycles. The Kier molecular flexibility index (Phi) is 6.10. The lowest BCUT2D eigenvalue weighted by molar-refractivity contribution is 0.0677. The highest BCUT2D eigenvalue weighted by Gasteiger charge is 2.04. The van der Waals surface area contributed by atoms with Crippen molar-refractivity contribution in [2.45, 2.75) is 13.0 Å². The number of aryl methyl sites for hydroxylation is 1. The molecule has 1 aromatic rings. The van der Waals surface area contributed by atoms with Gasteiger partial charge < -0.3 is 19.1 Å². The van der Waals surface area contributed by atoms with E-state index in [1.165, 1.54) is 22.9 Å². The van der Waals surface area contributed by atoms with Crippen LogP contribution in [0.3, 0.4) is 0 Å². The predicted molar refractivity (Wildman–Crippen MR) is 65.0 cm³/mol. The maximum Gasteiger partial charge on any atom is 0.337 e. The fourth-order valence-electron chi connectivity index (χ4n) is 1.41. The first-order valence-electron chi connectivity index (χ1n) is 5.65. The van der Waals surface area contributed by atoms with Crippen molar-refractivity contribution in [3.8, 4) is 0 Å². The number of nitrogens with zero attached hydrogens (tertiary/aromatic N) is 1. The molecular formula is C12H17NO5. The van der Waals surface area contributed by atoms with Gasteiger partial charge in [-0.05, 0) is 12.5 Å². The van der Waals surface area contributed by atoms with Gasteiger partial charge in [0.15, 0.2) is 0 Å². The summed E-state index contributed by atoms with van der Waals surface area (Å²) in [6.45, 7) is 2.00. The van der Waals surface area contributed by atoms with E-state index in [0.29, 0.717) is 32.8 Å². The van der Waals surface area contributed by atoms with Crippen LogP contribution in [-0.4, -0.2) is 42.6 Å². The fraction of sp³-hybridized carbons (Fsp3) is 0.500. The molecule has 0 fully saturated rings. The highest BCUT2D eigenvalue weighted by Crippen LogP contribution is 1.97. The molecule has 6 heteroatoms. The molecule has 100 valence electrons. The lowest BCUT2D eigenvalue weighted by Crippen LogP contribution is -2.21. The first-order valence-corrected chi connectivity index (χ1v) is 5.65. The summed E-state index contributed by atoms with van der Waals surface area (Å²) in [5.74, 6) is -1.04. The summed E-state index contributed by atoms with van der Waals surface area (Å²) >= 11 is 0. The Morgan fingerprint density at radius 1 is 1.33 bits per heavy atom. The van der Waals surface area contributed by atoms with Crippen LogP contribution in [0.5, 0.6) is 0 Å². The first kappa shape index (κ1) is 14.4. The number of aromatic carboxylic acids is 1. The first-order chi connectivity index (χ1) is 8.65. The van der Waals surface area contributed by atoms with Crippen LogP contribution in [0.25, 0.3) is 0 Å². The van der Waals surface area contributed by atoms with Crippen molar-refractivity contribution >= 4 is 5.97 Å². The van der Waals surface area contributed by atoms with Crippen LogP contribution in [0.1, 0.15) is 16.8 Å². The van der Waals surface area contributed by atoms with Crippen LogP contribution < -0.4 is 5.56 Å². The molecule has 0 aliphatic heterocycles. The van der Waals surface area contributed by atoms with E-state index in [1.807, 2.05) is 0 Å². The second-order valence-electron chi connectivity index (χ2n) is 3.71. The summed E-state index contributed by atoms with van der Waals surface area (Å²) in [5.41, 5.74) is -0.105. The summed E-state index contributed by atoms with van der Waals surface area (Å²) < 4.78 is 11.5. The standard InChI is InChI=1S/C12H17NO5/c1-17-7-8-18-6-2-5-13-9-10(12(15)16)3-4-11(13)14/h3-4,9H,2,5-8H2,1H3,(H,15,16). The molecule has 0 saturated carbocycles. The molecule has 0 radical (unpaired) electrons. The van der Waals surface area contributed by atoms with Crippen molar-refractivity contribution in [3.05, 3.63) is 34.2 Å². The van der Waals surface area contributed by atoms with E-state index < -0.39 is 5.97 Å². The van der Waals surface area contributed by atoms with E-state index in [0.717, 1.165) is 0 Å². The predicted octanol–water partition coefficient (Wildman–Crippen LogP) is 0.600. The van der Waals surface area contributed by atoms with E-state index >= 15 is 0 Å². The molecule has 0 spiro atoms. The minimum Gasteiger partial charge on any atom is -0.478 e. The summed E-state index contributed by atoms with van der Waals surface area (Å²) in [4.78, 5) is 22.2. The average molecular weight is 255 g/mol. The van der Waals surface area contributed by atoms with Gasteiger partial charge in [-0.25, -0.2) is 4.79 Å². The smallest absolute Gasteiger partial charge is 0.337 e. The molecule has 1 rings (SSSR count). The van der Waals surface area contributed by atoms with E-state index in [9.17, 15) is 9.59 Å². The number of methoxy groups -OCH3 is 1. The van der Waals surface area contributed by atoms with Crippen LogP contribution in [0, 0.1) is 0 Å². The molecule has 0 saturated heterocycles. The van der Waals surface area contributed by atoms with Crippen molar-refractivity contribution in [1.29, 1.82) is 0 Å². The zero-order valence-electron chi connectivity index (χ0n) is 10.3. The number of hydrogen-bond acceptors (Lipinski definition) is 4. The maximum atomic E-state index is 11.5. The van der Waals surface area contributed by atoms with Crippen LogP contribution in [0.15, 0.2) is 23.1 Å². The van der Waals surface area contributed by atoms with Gasteiger partial charge in [-0.2, -0.15) is 0 Å². The molecule has 0 aliphatic carbocycles. The zero-order valence-corrected chi connectivity index (χ0v) is 10.3. The molecule has 0 unspecified atom stereocenters. The van der Waals surface area contributed by atoms with Crippen molar-refractivity contribution in [3.63, 3.8) is 0 Å². The third kappa shape index (κ3) is 4.68. The number of carboxylic acids is 1. The third-order valence-corrected chi connectivity index (χ3v) is 2.35. The number of aromatic nitrogens is 1. The second kappa shape index (κ2) is 7.62. The Labute approximate surface area is 105 Å². The quantitative estimate of drug-likeness (QED) is 0.688. The normalized spacial score (nSPS) is 10.5. The fourth-order valence-corrected chi connectivity index (χ4v) is 1.41. The molecule has 0 amide bonds. The van der Waals surface area contributed by atoms with Gasteiger partial charge in [0.2, 0.25) is 0 Å². The number of carboxylic acid groups (broad SMARTS) is 1. The Morgan fingerprint density at radius 3 is 2.78 bits per heavy atom. The Morgan fingerprint density at radius 2 is 2.11 bits per heavy atom. The topological polar surface area (TPSA) is 77.8 Å². The number of ether oxygens (including phenoxy) is 2. The molecule has 18 heavy (non-hydrogen) atoms. The van der Waals surface area contributed by atoms with Crippen molar-refractivity contribution in [2.75, 3.05) is 26.9 Å². The lowest BCUT2D eigenvalue weighted by atomic mass is 10.3. The maximum absolute atomic E-state index is 11.5.